The minimum absolute atomic E-state index is 0.0184. The maximum atomic E-state index is 13.0. The van der Waals surface area contributed by atoms with Crippen LogP contribution in [0.25, 0.3) is 0 Å². The van der Waals surface area contributed by atoms with Crippen LogP contribution in [0.15, 0.2) is 18.2 Å². The van der Waals surface area contributed by atoms with Gasteiger partial charge in [0.15, 0.2) is 21.3 Å². The quantitative estimate of drug-likeness (QED) is 0.578. The van der Waals surface area contributed by atoms with Crippen LogP contribution in [0.4, 0.5) is 5.69 Å². The minimum atomic E-state index is -3.09. The number of fused-ring (bicyclic) bond motifs is 1. The highest BCUT2D eigenvalue weighted by atomic mass is 32.2. The molecule has 0 aliphatic carbocycles. The van der Waals surface area contributed by atoms with E-state index < -0.39 is 9.84 Å². The zero-order chi connectivity index (χ0) is 23.4. The Morgan fingerprint density at radius 3 is 2.64 bits per heavy atom. The summed E-state index contributed by atoms with van der Waals surface area (Å²) in [6.45, 7) is 2.41. The molecule has 11 heteroatoms. The third-order valence-electron chi connectivity index (χ3n) is 6.46. The number of sulfone groups is 1. The number of hydrogen-bond donors (Lipinski definition) is 1. The largest absolute Gasteiger partial charge is 0.454 e. The van der Waals surface area contributed by atoms with Gasteiger partial charge in [0.25, 0.3) is 0 Å². The van der Waals surface area contributed by atoms with Gasteiger partial charge in [-0.2, -0.15) is 0 Å². The van der Waals surface area contributed by atoms with E-state index >= 15 is 0 Å². The van der Waals surface area contributed by atoms with Crippen molar-refractivity contribution < 1.29 is 32.2 Å². The van der Waals surface area contributed by atoms with E-state index in [4.69, 9.17) is 14.2 Å². The second-order valence-electron chi connectivity index (χ2n) is 8.74. The summed E-state index contributed by atoms with van der Waals surface area (Å²) in [6.07, 6.45) is 1.78. The minimum Gasteiger partial charge on any atom is -0.454 e. The number of amides is 2. The van der Waals surface area contributed by atoms with Crippen LogP contribution in [-0.4, -0.2) is 94.3 Å². The first-order valence-corrected chi connectivity index (χ1v) is 13.1. The standard InChI is InChI=1S/C22H31N3O7S/c1-30-10-9-25(18-6-11-33(28,29)14-18)21(26)13-24-7-4-16(5-8-24)22(27)23-17-2-3-19-20(12-17)32-15-31-19/h2-3,12,16,18H,4-11,13-15H2,1H3,(H,23,27)/t18-/m1/s1. The van der Waals surface area contributed by atoms with Crippen molar-refractivity contribution in [3.8, 4) is 11.5 Å². The lowest BCUT2D eigenvalue weighted by atomic mass is 9.95. The fraction of sp³-hybridized carbons (Fsp3) is 0.636. The number of nitrogens with one attached hydrogen (secondary N) is 1. The first-order chi connectivity index (χ1) is 15.8. The van der Waals surface area contributed by atoms with Crippen LogP contribution in [0, 0.1) is 5.92 Å². The molecule has 3 heterocycles. The van der Waals surface area contributed by atoms with E-state index in [1.165, 1.54) is 0 Å². The number of ether oxygens (including phenoxy) is 3. The van der Waals surface area contributed by atoms with Gasteiger partial charge in [0, 0.05) is 37.4 Å². The molecule has 0 saturated carbocycles. The molecule has 2 saturated heterocycles. The number of nitrogens with zero attached hydrogens (tertiary/aromatic N) is 2. The van der Waals surface area contributed by atoms with Gasteiger partial charge in [0.05, 0.1) is 24.7 Å². The number of benzene rings is 1. The van der Waals surface area contributed by atoms with Crippen LogP contribution in [-0.2, 0) is 24.2 Å². The van der Waals surface area contributed by atoms with Crippen molar-refractivity contribution in [1.29, 1.82) is 0 Å². The highest BCUT2D eigenvalue weighted by molar-refractivity contribution is 7.91. The van der Waals surface area contributed by atoms with E-state index in [2.05, 4.69) is 5.32 Å². The topological polar surface area (TPSA) is 114 Å². The van der Waals surface area contributed by atoms with Gasteiger partial charge < -0.3 is 24.4 Å². The second-order valence-corrected chi connectivity index (χ2v) is 11.0. The van der Waals surface area contributed by atoms with Crippen LogP contribution in [0.5, 0.6) is 11.5 Å². The SMILES string of the molecule is COCCN(C(=O)CN1CCC(C(=O)Nc2ccc3c(c2)OCO3)CC1)[C@@H]1CCS(=O)(=O)C1. The molecule has 2 fully saturated rings. The Hall–Kier alpha value is -2.37. The molecule has 1 aromatic rings. The van der Waals surface area contributed by atoms with Gasteiger partial charge in [-0.1, -0.05) is 0 Å². The van der Waals surface area contributed by atoms with E-state index in [1.807, 2.05) is 4.90 Å². The summed E-state index contributed by atoms with van der Waals surface area (Å²) in [5.41, 5.74) is 0.669. The van der Waals surface area contributed by atoms with Crippen LogP contribution < -0.4 is 14.8 Å². The summed E-state index contributed by atoms with van der Waals surface area (Å²) in [7, 11) is -1.52. The number of rotatable bonds is 8. The molecule has 0 radical (unpaired) electrons. The van der Waals surface area contributed by atoms with Crippen molar-refractivity contribution in [2.24, 2.45) is 5.92 Å². The Balaban J connectivity index is 1.27. The molecule has 4 rings (SSSR count). The van der Waals surface area contributed by atoms with Gasteiger partial charge in [0.1, 0.15) is 0 Å². The summed E-state index contributed by atoms with van der Waals surface area (Å²) >= 11 is 0. The molecule has 0 aromatic heterocycles. The second kappa shape index (κ2) is 10.3. The van der Waals surface area contributed by atoms with E-state index in [1.54, 1.807) is 30.2 Å². The van der Waals surface area contributed by atoms with Crippen LogP contribution in [0.3, 0.4) is 0 Å². The smallest absolute Gasteiger partial charge is 0.237 e. The summed E-state index contributed by atoms with van der Waals surface area (Å²) in [4.78, 5) is 29.4. The monoisotopic (exact) mass is 481 g/mol. The lowest BCUT2D eigenvalue weighted by molar-refractivity contribution is -0.135. The number of likely N-dealkylation sites (tertiary alicyclic amines) is 1. The average Bonchev–Trinajstić information content (AvgIpc) is 3.40. The number of piperidine rings is 1. The Morgan fingerprint density at radius 2 is 1.94 bits per heavy atom. The van der Waals surface area contributed by atoms with E-state index in [-0.39, 0.29) is 48.6 Å². The highest BCUT2D eigenvalue weighted by Crippen LogP contribution is 2.34. The van der Waals surface area contributed by atoms with Crippen LogP contribution in [0.1, 0.15) is 19.3 Å². The molecule has 182 valence electrons. The Morgan fingerprint density at radius 1 is 1.18 bits per heavy atom. The third kappa shape index (κ3) is 5.96. The highest BCUT2D eigenvalue weighted by Gasteiger charge is 2.35. The lowest BCUT2D eigenvalue weighted by Crippen LogP contribution is -2.49. The van der Waals surface area contributed by atoms with E-state index in [0.717, 1.165) is 0 Å². The van der Waals surface area contributed by atoms with Gasteiger partial charge in [0.2, 0.25) is 18.6 Å². The Labute approximate surface area is 194 Å². The van der Waals surface area contributed by atoms with Gasteiger partial charge in [-0.15, -0.1) is 0 Å². The molecule has 0 bridgehead atoms. The van der Waals surface area contributed by atoms with E-state index in [9.17, 15) is 18.0 Å². The Bertz CT molecular complexity index is 976. The maximum absolute atomic E-state index is 13.0. The summed E-state index contributed by atoms with van der Waals surface area (Å²) in [5.74, 6) is 1.17. The molecule has 2 amide bonds. The van der Waals surface area contributed by atoms with Crippen LogP contribution in [0.2, 0.25) is 0 Å². The van der Waals surface area contributed by atoms with Gasteiger partial charge in [-0.25, -0.2) is 8.42 Å². The van der Waals surface area contributed by atoms with E-state index in [0.29, 0.717) is 62.7 Å². The van der Waals surface area contributed by atoms with Crippen molar-refractivity contribution in [2.45, 2.75) is 25.3 Å². The molecule has 1 aromatic carbocycles. The van der Waals surface area contributed by atoms with Crippen LogP contribution >= 0.6 is 0 Å². The molecule has 1 atom stereocenters. The molecule has 0 spiro atoms. The van der Waals surface area contributed by atoms with Crippen molar-refractivity contribution in [1.82, 2.24) is 9.80 Å². The fourth-order valence-corrected chi connectivity index (χ4v) is 6.31. The predicted molar refractivity (Wildman–Crippen MR) is 121 cm³/mol. The molecule has 33 heavy (non-hydrogen) atoms. The predicted octanol–water partition coefficient (Wildman–Crippen LogP) is 0.728. The fourth-order valence-electron chi connectivity index (χ4n) is 4.58. The molecule has 1 N–H and O–H groups in total. The van der Waals surface area contributed by atoms with Gasteiger partial charge in [-0.05, 0) is 44.5 Å². The molecular formula is C22H31N3O7S. The normalized spacial score (nSPS) is 22.3. The van der Waals surface area contributed by atoms with Crippen molar-refractivity contribution >= 4 is 27.3 Å². The number of methoxy groups -OCH3 is 1. The molecule has 0 unspecified atom stereocenters. The Kier molecular flexibility index (Phi) is 7.40. The summed E-state index contributed by atoms with van der Waals surface area (Å²) < 4.78 is 39.5. The first-order valence-electron chi connectivity index (χ1n) is 11.3. The zero-order valence-corrected chi connectivity index (χ0v) is 19.6. The molecule has 3 aliphatic heterocycles. The lowest BCUT2D eigenvalue weighted by Gasteiger charge is -2.34. The van der Waals surface area contributed by atoms with Gasteiger partial charge in [-0.3, -0.25) is 14.5 Å². The number of hydrogen-bond acceptors (Lipinski definition) is 8. The molecule has 3 aliphatic rings. The number of carbonyl (C=O) groups excluding carboxylic acids is 2. The molecular weight excluding hydrogens is 450 g/mol. The van der Waals surface area contributed by atoms with Gasteiger partial charge >= 0.3 is 0 Å². The maximum Gasteiger partial charge on any atom is 0.237 e. The number of anilines is 1. The molecule has 10 nitrogen and oxygen atoms in total. The van der Waals surface area contributed by atoms with Crippen molar-refractivity contribution in [3.05, 3.63) is 18.2 Å². The summed E-state index contributed by atoms with van der Waals surface area (Å²) in [6, 6.07) is 5.03. The summed E-state index contributed by atoms with van der Waals surface area (Å²) in [5, 5.41) is 2.94. The first kappa shape index (κ1) is 23.8. The average molecular weight is 482 g/mol. The number of carbonyl (C=O) groups is 2. The zero-order valence-electron chi connectivity index (χ0n) is 18.8. The van der Waals surface area contributed by atoms with Crippen molar-refractivity contribution in [2.75, 3.05) is 63.5 Å². The van der Waals surface area contributed by atoms with Crippen molar-refractivity contribution in [3.63, 3.8) is 0 Å². The third-order valence-corrected chi connectivity index (χ3v) is 8.21.